The number of aryl methyl sites for hydroxylation is 1. The van der Waals surface area contributed by atoms with Crippen molar-refractivity contribution in [2.45, 2.75) is 26.3 Å². The van der Waals surface area contributed by atoms with Crippen LogP contribution in [0.2, 0.25) is 0 Å². The van der Waals surface area contributed by atoms with Crippen LogP contribution in [0.1, 0.15) is 40.3 Å². The Bertz CT molecular complexity index is 1120. The molecule has 0 aliphatic carbocycles. The van der Waals surface area contributed by atoms with Crippen LogP contribution in [0.3, 0.4) is 0 Å². The average molecular weight is 412 g/mol. The first kappa shape index (κ1) is 20.5. The van der Waals surface area contributed by atoms with Crippen molar-refractivity contribution in [3.05, 3.63) is 108 Å². The third-order valence-corrected chi connectivity index (χ3v) is 5.38. The van der Waals surface area contributed by atoms with Gasteiger partial charge >= 0.3 is 0 Å². The second kappa shape index (κ2) is 9.39. The summed E-state index contributed by atoms with van der Waals surface area (Å²) in [7, 11) is 0. The van der Waals surface area contributed by atoms with Crippen LogP contribution in [-0.4, -0.2) is 27.5 Å². The molecular weight excluding hydrogens is 386 g/mol. The van der Waals surface area contributed by atoms with Crippen LogP contribution in [0.4, 0.5) is 0 Å². The van der Waals surface area contributed by atoms with Gasteiger partial charge in [0.15, 0.2) is 0 Å². The van der Waals surface area contributed by atoms with Crippen LogP contribution in [-0.2, 0) is 6.42 Å². The minimum atomic E-state index is -0.0912. The Balaban J connectivity index is 1.55. The van der Waals surface area contributed by atoms with E-state index in [2.05, 4.69) is 10.1 Å². The molecule has 0 fully saturated rings. The molecule has 1 amide bonds. The van der Waals surface area contributed by atoms with Gasteiger partial charge in [0.25, 0.3) is 5.91 Å². The third-order valence-electron chi connectivity index (χ3n) is 5.38. The molecule has 0 unspecified atom stereocenters. The zero-order valence-corrected chi connectivity index (χ0v) is 17.7. The molecule has 0 radical (unpaired) electrons. The SMILES string of the molecule is Cc1ccc(C(=O)N(CCc2nc(-c3ccccc3)no2)[C@@H](C)c2ccccc2)cc1. The van der Waals surface area contributed by atoms with Crippen molar-refractivity contribution in [1.82, 2.24) is 15.0 Å². The van der Waals surface area contributed by atoms with Crippen LogP contribution >= 0.6 is 0 Å². The number of benzene rings is 3. The quantitative estimate of drug-likeness (QED) is 0.403. The molecule has 31 heavy (non-hydrogen) atoms. The number of rotatable bonds is 7. The van der Waals surface area contributed by atoms with Gasteiger partial charge in [-0.3, -0.25) is 4.79 Å². The molecular formula is C26H25N3O2. The molecule has 0 saturated carbocycles. The van der Waals surface area contributed by atoms with E-state index in [9.17, 15) is 4.79 Å². The Morgan fingerprint density at radius 2 is 1.58 bits per heavy atom. The predicted molar refractivity (Wildman–Crippen MR) is 121 cm³/mol. The van der Waals surface area contributed by atoms with Crippen molar-refractivity contribution in [2.75, 3.05) is 6.54 Å². The van der Waals surface area contributed by atoms with Crippen LogP contribution < -0.4 is 0 Å². The van der Waals surface area contributed by atoms with Gasteiger partial charge in [0, 0.05) is 24.1 Å². The van der Waals surface area contributed by atoms with Gasteiger partial charge in [0.2, 0.25) is 11.7 Å². The molecule has 0 spiro atoms. The summed E-state index contributed by atoms with van der Waals surface area (Å²) < 4.78 is 5.46. The van der Waals surface area contributed by atoms with Gasteiger partial charge in [-0.2, -0.15) is 4.98 Å². The fraction of sp³-hybridized carbons (Fsp3) is 0.192. The van der Waals surface area contributed by atoms with E-state index in [-0.39, 0.29) is 11.9 Å². The molecule has 0 N–H and O–H groups in total. The van der Waals surface area contributed by atoms with Crippen LogP contribution in [0.5, 0.6) is 0 Å². The lowest BCUT2D eigenvalue weighted by Gasteiger charge is -2.29. The molecule has 0 aliphatic rings. The minimum Gasteiger partial charge on any atom is -0.339 e. The Kier molecular flexibility index (Phi) is 6.22. The predicted octanol–water partition coefficient (Wildman–Crippen LogP) is 5.49. The number of hydrogen-bond acceptors (Lipinski definition) is 4. The highest BCUT2D eigenvalue weighted by molar-refractivity contribution is 5.94. The molecule has 4 rings (SSSR count). The Morgan fingerprint density at radius 1 is 0.935 bits per heavy atom. The summed E-state index contributed by atoms with van der Waals surface area (Å²) in [6.45, 7) is 4.53. The van der Waals surface area contributed by atoms with Gasteiger partial charge in [-0.15, -0.1) is 0 Å². The largest absolute Gasteiger partial charge is 0.339 e. The number of hydrogen-bond donors (Lipinski definition) is 0. The number of carbonyl (C=O) groups is 1. The summed E-state index contributed by atoms with van der Waals surface area (Å²) in [6.07, 6.45) is 0.481. The van der Waals surface area contributed by atoms with E-state index in [1.54, 1.807) is 0 Å². The lowest BCUT2D eigenvalue weighted by atomic mass is 10.0. The summed E-state index contributed by atoms with van der Waals surface area (Å²) in [4.78, 5) is 19.8. The molecule has 0 bridgehead atoms. The number of aromatic nitrogens is 2. The van der Waals surface area contributed by atoms with E-state index in [0.717, 1.165) is 16.7 Å². The highest BCUT2D eigenvalue weighted by Crippen LogP contribution is 2.23. The Hall–Kier alpha value is -3.73. The van der Waals surface area contributed by atoms with Crippen molar-refractivity contribution < 1.29 is 9.32 Å². The van der Waals surface area contributed by atoms with E-state index >= 15 is 0 Å². The van der Waals surface area contributed by atoms with Gasteiger partial charge in [0.1, 0.15) is 0 Å². The summed E-state index contributed by atoms with van der Waals surface area (Å²) in [6, 6.07) is 27.3. The average Bonchev–Trinajstić information content (AvgIpc) is 3.29. The molecule has 4 aromatic rings. The second-order valence-electron chi connectivity index (χ2n) is 7.58. The highest BCUT2D eigenvalue weighted by atomic mass is 16.5. The standard InChI is InChI=1S/C26H25N3O2/c1-19-13-15-23(16-14-19)26(30)29(20(2)21-9-5-3-6-10-21)18-17-24-27-25(28-31-24)22-11-7-4-8-12-22/h3-16,20H,17-18H2,1-2H3/t20-/m0/s1. The maximum atomic E-state index is 13.4. The van der Waals surface area contributed by atoms with Crippen molar-refractivity contribution >= 4 is 5.91 Å². The van der Waals surface area contributed by atoms with Crippen molar-refractivity contribution in [3.8, 4) is 11.4 Å². The monoisotopic (exact) mass is 411 g/mol. The minimum absolute atomic E-state index is 0.0147. The number of amides is 1. The Labute approximate surface area is 182 Å². The summed E-state index contributed by atoms with van der Waals surface area (Å²) >= 11 is 0. The summed E-state index contributed by atoms with van der Waals surface area (Å²) in [5.41, 5.74) is 3.78. The maximum Gasteiger partial charge on any atom is 0.254 e. The first-order valence-corrected chi connectivity index (χ1v) is 10.4. The maximum absolute atomic E-state index is 13.4. The summed E-state index contributed by atoms with van der Waals surface area (Å²) in [5, 5.41) is 4.09. The summed E-state index contributed by atoms with van der Waals surface area (Å²) in [5.74, 6) is 1.06. The van der Waals surface area contributed by atoms with E-state index in [0.29, 0.717) is 30.2 Å². The second-order valence-corrected chi connectivity index (χ2v) is 7.58. The molecule has 1 aromatic heterocycles. The van der Waals surface area contributed by atoms with Gasteiger partial charge in [-0.25, -0.2) is 0 Å². The van der Waals surface area contributed by atoms with E-state index in [1.165, 1.54) is 0 Å². The fourth-order valence-corrected chi connectivity index (χ4v) is 3.52. The normalized spacial score (nSPS) is 11.8. The smallest absolute Gasteiger partial charge is 0.254 e. The fourth-order valence-electron chi connectivity index (χ4n) is 3.52. The van der Waals surface area contributed by atoms with Crippen molar-refractivity contribution in [1.29, 1.82) is 0 Å². The molecule has 1 atom stereocenters. The van der Waals surface area contributed by atoms with Gasteiger partial charge in [-0.05, 0) is 31.5 Å². The molecule has 1 heterocycles. The topological polar surface area (TPSA) is 59.2 Å². The third kappa shape index (κ3) is 4.89. The lowest BCUT2D eigenvalue weighted by molar-refractivity contribution is 0.0689. The number of nitrogens with zero attached hydrogens (tertiary/aromatic N) is 3. The van der Waals surface area contributed by atoms with Crippen LogP contribution in [0.15, 0.2) is 89.5 Å². The highest BCUT2D eigenvalue weighted by Gasteiger charge is 2.23. The van der Waals surface area contributed by atoms with Crippen LogP contribution in [0, 0.1) is 6.92 Å². The number of carbonyl (C=O) groups excluding carboxylic acids is 1. The molecule has 0 aliphatic heterocycles. The first-order chi connectivity index (χ1) is 15.1. The van der Waals surface area contributed by atoms with Gasteiger partial charge < -0.3 is 9.42 Å². The molecule has 5 heteroatoms. The Morgan fingerprint density at radius 3 is 2.26 bits per heavy atom. The molecule has 156 valence electrons. The van der Waals surface area contributed by atoms with Gasteiger partial charge in [-0.1, -0.05) is 83.5 Å². The molecule has 0 saturated heterocycles. The lowest BCUT2D eigenvalue weighted by Crippen LogP contribution is -2.35. The molecule has 5 nitrogen and oxygen atoms in total. The van der Waals surface area contributed by atoms with Gasteiger partial charge in [0.05, 0.1) is 6.04 Å². The van der Waals surface area contributed by atoms with E-state index < -0.39 is 0 Å². The van der Waals surface area contributed by atoms with Crippen molar-refractivity contribution in [3.63, 3.8) is 0 Å². The first-order valence-electron chi connectivity index (χ1n) is 10.4. The molecule has 3 aromatic carbocycles. The zero-order valence-electron chi connectivity index (χ0n) is 17.7. The van der Waals surface area contributed by atoms with Crippen molar-refractivity contribution in [2.24, 2.45) is 0 Å². The van der Waals surface area contributed by atoms with E-state index in [1.807, 2.05) is 104 Å². The van der Waals surface area contributed by atoms with Crippen LogP contribution in [0.25, 0.3) is 11.4 Å². The zero-order chi connectivity index (χ0) is 21.6. The van der Waals surface area contributed by atoms with E-state index in [4.69, 9.17) is 4.52 Å².